The molecule has 3 rings (SSSR count). The molecule has 106 valence electrons. The first-order chi connectivity index (χ1) is 10.0. The van der Waals surface area contributed by atoms with E-state index in [9.17, 15) is 5.11 Å². The fourth-order valence-corrected chi connectivity index (χ4v) is 2.85. The van der Waals surface area contributed by atoms with Gasteiger partial charge in [-0.15, -0.1) is 0 Å². The predicted molar refractivity (Wildman–Crippen MR) is 86.5 cm³/mol. The topological polar surface area (TPSA) is 33.1 Å². The molecule has 0 aliphatic carbocycles. The molecule has 2 aromatic carbocycles. The van der Waals surface area contributed by atoms with Crippen LogP contribution < -0.4 is 0 Å². The quantitative estimate of drug-likeness (QED) is 0.760. The van der Waals surface area contributed by atoms with Gasteiger partial charge in [0.2, 0.25) is 0 Å². The second-order valence-electron chi connectivity index (χ2n) is 5.70. The van der Waals surface area contributed by atoms with Gasteiger partial charge in [0, 0.05) is 5.39 Å². The van der Waals surface area contributed by atoms with Crippen LogP contribution in [0.25, 0.3) is 10.9 Å². The Balaban J connectivity index is 2.11. The lowest BCUT2D eigenvalue weighted by Gasteiger charge is -2.14. The summed E-state index contributed by atoms with van der Waals surface area (Å²) in [6.45, 7) is 6.15. The van der Waals surface area contributed by atoms with Crippen molar-refractivity contribution in [3.63, 3.8) is 0 Å². The first-order valence-corrected chi connectivity index (χ1v) is 7.17. The standard InChI is InChI=1S/C19H19NO/c1-12-8-13(2)10-15(9-12)19(21)18-11-14(3)16-6-4-5-7-17(16)20-18/h4-11,19,21H,1-3H3. The highest BCUT2D eigenvalue weighted by molar-refractivity contribution is 5.82. The highest BCUT2D eigenvalue weighted by Crippen LogP contribution is 2.26. The van der Waals surface area contributed by atoms with Crippen molar-refractivity contribution in [2.75, 3.05) is 0 Å². The molecular formula is C19H19NO. The smallest absolute Gasteiger partial charge is 0.121 e. The number of rotatable bonds is 2. The number of fused-ring (bicyclic) bond motifs is 1. The van der Waals surface area contributed by atoms with Crippen molar-refractivity contribution in [3.8, 4) is 0 Å². The molecule has 1 atom stereocenters. The fraction of sp³-hybridized carbons (Fsp3) is 0.211. The molecule has 1 unspecified atom stereocenters. The van der Waals surface area contributed by atoms with Crippen LogP contribution >= 0.6 is 0 Å². The maximum atomic E-state index is 10.7. The molecule has 3 aromatic rings. The molecule has 0 saturated carbocycles. The number of aryl methyl sites for hydroxylation is 3. The second kappa shape index (κ2) is 5.30. The van der Waals surface area contributed by atoms with Gasteiger partial charge in [-0.1, -0.05) is 47.5 Å². The van der Waals surface area contributed by atoms with E-state index in [1.807, 2.05) is 50.2 Å². The Morgan fingerprint density at radius 1 is 0.905 bits per heavy atom. The number of para-hydroxylation sites is 1. The Labute approximate surface area is 125 Å². The second-order valence-corrected chi connectivity index (χ2v) is 5.70. The van der Waals surface area contributed by atoms with Crippen LogP contribution in [0.15, 0.2) is 48.5 Å². The van der Waals surface area contributed by atoms with E-state index in [0.717, 1.165) is 33.2 Å². The maximum Gasteiger partial charge on any atom is 0.121 e. The number of aliphatic hydroxyl groups is 1. The summed E-state index contributed by atoms with van der Waals surface area (Å²) < 4.78 is 0. The van der Waals surface area contributed by atoms with E-state index in [2.05, 4.69) is 24.0 Å². The van der Waals surface area contributed by atoms with E-state index in [1.165, 1.54) is 0 Å². The molecule has 0 fully saturated rings. The van der Waals surface area contributed by atoms with Crippen molar-refractivity contribution >= 4 is 10.9 Å². The molecule has 1 heterocycles. The molecule has 2 nitrogen and oxygen atoms in total. The lowest BCUT2D eigenvalue weighted by atomic mass is 9.99. The van der Waals surface area contributed by atoms with Crippen LogP contribution in [0.3, 0.4) is 0 Å². The minimum absolute atomic E-state index is 0.688. The molecule has 2 heteroatoms. The van der Waals surface area contributed by atoms with Gasteiger partial charge in [0.1, 0.15) is 6.10 Å². The van der Waals surface area contributed by atoms with E-state index in [1.54, 1.807) is 0 Å². The van der Waals surface area contributed by atoms with Crippen LogP contribution in [0.1, 0.15) is 34.1 Å². The lowest BCUT2D eigenvalue weighted by molar-refractivity contribution is 0.215. The molecule has 0 aliphatic rings. The molecule has 21 heavy (non-hydrogen) atoms. The van der Waals surface area contributed by atoms with Crippen LogP contribution in [-0.2, 0) is 0 Å². The Hall–Kier alpha value is -2.19. The van der Waals surface area contributed by atoms with Crippen LogP contribution in [0.4, 0.5) is 0 Å². The Morgan fingerprint density at radius 3 is 2.29 bits per heavy atom. The summed E-state index contributed by atoms with van der Waals surface area (Å²) >= 11 is 0. The summed E-state index contributed by atoms with van der Waals surface area (Å²) in [6, 6.07) is 16.1. The summed E-state index contributed by atoms with van der Waals surface area (Å²) in [5.74, 6) is 0. The lowest BCUT2D eigenvalue weighted by Crippen LogP contribution is -2.04. The number of hydrogen-bond donors (Lipinski definition) is 1. The van der Waals surface area contributed by atoms with Crippen LogP contribution in [-0.4, -0.2) is 10.1 Å². The predicted octanol–water partition coefficient (Wildman–Crippen LogP) is 4.24. The Morgan fingerprint density at radius 2 is 1.57 bits per heavy atom. The van der Waals surface area contributed by atoms with Crippen molar-refractivity contribution in [1.29, 1.82) is 0 Å². The van der Waals surface area contributed by atoms with Gasteiger partial charge in [-0.2, -0.15) is 0 Å². The van der Waals surface area contributed by atoms with Gasteiger partial charge < -0.3 is 5.11 Å². The van der Waals surface area contributed by atoms with Gasteiger partial charge in [-0.25, -0.2) is 4.98 Å². The molecular weight excluding hydrogens is 258 g/mol. The third-order valence-corrected chi connectivity index (χ3v) is 3.78. The zero-order chi connectivity index (χ0) is 15.0. The highest BCUT2D eigenvalue weighted by Gasteiger charge is 2.14. The molecule has 0 radical (unpaired) electrons. The number of hydrogen-bond acceptors (Lipinski definition) is 2. The average molecular weight is 277 g/mol. The molecule has 0 amide bonds. The van der Waals surface area contributed by atoms with Crippen molar-refractivity contribution < 1.29 is 5.11 Å². The van der Waals surface area contributed by atoms with Crippen molar-refractivity contribution in [1.82, 2.24) is 4.98 Å². The summed E-state index contributed by atoms with van der Waals surface area (Å²) in [6.07, 6.45) is -0.688. The Bertz CT molecular complexity index is 788. The highest BCUT2D eigenvalue weighted by atomic mass is 16.3. The minimum atomic E-state index is -0.688. The third-order valence-electron chi connectivity index (χ3n) is 3.78. The summed E-state index contributed by atoms with van der Waals surface area (Å²) in [7, 11) is 0. The van der Waals surface area contributed by atoms with Gasteiger partial charge in [-0.05, 0) is 44.0 Å². The first-order valence-electron chi connectivity index (χ1n) is 7.17. The fourth-order valence-electron chi connectivity index (χ4n) is 2.85. The minimum Gasteiger partial charge on any atom is -0.382 e. The van der Waals surface area contributed by atoms with Gasteiger partial charge in [-0.3, -0.25) is 0 Å². The number of benzene rings is 2. The number of pyridine rings is 1. The third kappa shape index (κ3) is 2.67. The van der Waals surface area contributed by atoms with Crippen molar-refractivity contribution in [2.24, 2.45) is 0 Å². The molecule has 0 spiro atoms. The van der Waals surface area contributed by atoms with Gasteiger partial charge >= 0.3 is 0 Å². The van der Waals surface area contributed by atoms with Crippen LogP contribution in [0.2, 0.25) is 0 Å². The van der Waals surface area contributed by atoms with Crippen molar-refractivity contribution in [2.45, 2.75) is 26.9 Å². The first kappa shape index (κ1) is 13.8. The molecule has 1 aromatic heterocycles. The van der Waals surface area contributed by atoms with E-state index in [4.69, 9.17) is 0 Å². The van der Waals surface area contributed by atoms with Gasteiger partial charge in [0.15, 0.2) is 0 Å². The summed E-state index contributed by atoms with van der Waals surface area (Å²) in [5.41, 5.74) is 5.98. The zero-order valence-electron chi connectivity index (χ0n) is 12.6. The monoisotopic (exact) mass is 277 g/mol. The molecule has 0 bridgehead atoms. The summed E-state index contributed by atoms with van der Waals surface area (Å²) in [5, 5.41) is 11.8. The largest absolute Gasteiger partial charge is 0.382 e. The van der Waals surface area contributed by atoms with Crippen LogP contribution in [0.5, 0.6) is 0 Å². The normalized spacial score (nSPS) is 12.6. The van der Waals surface area contributed by atoms with E-state index in [0.29, 0.717) is 5.69 Å². The summed E-state index contributed by atoms with van der Waals surface area (Å²) in [4.78, 5) is 4.62. The van der Waals surface area contributed by atoms with Crippen molar-refractivity contribution in [3.05, 3.63) is 76.5 Å². The number of nitrogens with zero attached hydrogens (tertiary/aromatic N) is 1. The zero-order valence-corrected chi connectivity index (χ0v) is 12.6. The van der Waals surface area contributed by atoms with Crippen LogP contribution in [0, 0.1) is 20.8 Å². The maximum absolute atomic E-state index is 10.7. The Kier molecular flexibility index (Phi) is 3.48. The van der Waals surface area contributed by atoms with Gasteiger partial charge in [0.25, 0.3) is 0 Å². The molecule has 0 aliphatic heterocycles. The molecule has 0 saturated heterocycles. The molecule has 1 N–H and O–H groups in total. The van der Waals surface area contributed by atoms with E-state index >= 15 is 0 Å². The van der Waals surface area contributed by atoms with Gasteiger partial charge in [0.05, 0.1) is 11.2 Å². The average Bonchev–Trinajstić information content (AvgIpc) is 2.45. The number of aromatic nitrogens is 1. The van der Waals surface area contributed by atoms with E-state index < -0.39 is 6.10 Å². The number of aliphatic hydroxyl groups excluding tert-OH is 1. The van der Waals surface area contributed by atoms with E-state index in [-0.39, 0.29) is 0 Å². The SMILES string of the molecule is Cc1cc(C)cc(C(O)c2cc(C)c3ccccc3n2)c1.